The van der Waals surface area contributed by atoms with Gasteiger partial charge in [-0.15, -0.1) is 0 Å². The van der Waals surface area contributed by atoms with Gasteiger partial charge in [-0.05, 0) is 12.1 Å². The third-order valence-electron chi connectivity index (χ3n) is 2.20. The molecule has 0 unspecified atom stereocenters. The largest absolute Gasteiger partial charge is 0.402 e. The molecular formula is C10H10F3N3O2S. The van der Waals surface area contributed by atoms with Gasteiger partial charge in [0.2, 0.25) is 10.0 Å². The van der Waals surface area contributed by atoms with Gasteiger partial charge in [0.05, 0.1) is 0 Å². The van der Waals surface area contributed by atoms with Gasteiger partial charge in [-0.1, -0.05) is 6.92 Å². The molecule has 0 saturated carbocycles. The highest BCUT2D eigenvalue weighted by Gasteiger charge is 2.37. The molecule has 0 atom stereocenters. The standard InChI is InChI=1S/C10H10F3N3O2S/c1-2-16(7-10(11,12)13)19(17,18)9-4-3-5-15-8(9)6-14/h3-5H,2,7H2,1H3. The van der Waals surface area contributed by atoms with Gasteiger partial charge in [0.15, 0.2) is 5.69 Å². The first-order chi connectivity index (χ1) is 8.72. The average Bonchev–Trinajstić information content (AvgIpc) is 2.34. The van der Waals surface area contributed by atoms with Gasteiger partial charge >= 0.3 is 6.18 Å². The minimum atomic E-state index is -4.65. The first kappa shape index (κ1) is 15.4. The van der Waals surface area contributed by atoms with Crippen LogP contribution in [0.4, 0.5) is 13.2 Å². The number of hydrogen-bond donors (Lipinski definition) is 0. The highest BCUT2D eigenvalue weighted by atomic mass is 32.2. The van der Waals surface area contributed by atoms with Crippen LogP contribution in [0, 0.1) is 11.3 Å². The zero-order valence-electron chi connectivity index (χ0n) is 9.85. The molecule has 0 aliphatic carbocycles. The lowest BCUT2D eigenvalue weighted by Gasteiger charge is -2.21. The predicted octanol–water partition coefficient (Wildman–Crippen LogP) is 1.53. The number of alkyl halides is 3. The number of aromatic nitrogens is 1. The van der Waals surface area contributed by atoms with Crippen LogP contribution in [0.25, 0.3) is 0 Å². The van der Waals surface area contributed by atoms with Crippen LogP contribution in [-0.2, 0) is 10.0 Å². The number of pyridine rings is 1. The summed E-state index contributed by atoms with van der Waals surface area (Å²) < 4.78 is 61.4. The molecule has 0 N–H and O–H groups in total. The van der Waals surface area contributed by atoms with Gasteiger partial charge in [-0.2, -0.15) is 22.7 Å². The number of nitrogens with zero attached hydrogens (tertiary/aromatic N) is 3. The van der Waals surface area contributed by atoms with Crippen LogP contribution in [0.1, 0.15) is 12.6 Å². The molecule has 1 heterocycles. The van der Waals surface area contributed by atoms with E-state index >= 15 is 0 Å². The number of halogens is 3. The Labute approximate surface area is 108 Å². The summed E-state index contributed by atoms with van der Waals surface area (Å²) in [5.41, 5.74) is -0.428. The predicted molar refractivity (Wildman–Crippen MR) is 59.4 cm³/mol. The van der Waals surface area contributed by atoms with E-state index in [9.17, 15) is 21.6 Å². The highest BCUT2D eigenvalue weighted by Crippen LogP contribution is 2.23. The fourth-order valence-corrected chi connectivity index (χ4v) is 2.92. The van der Waals surface area contributed by atoms with Crippen molar-refractivity contribution in [3.8, 4) is 6.07 Å². The van der Waals surface area contributed by atoms with Crippen molar-refractivity contribution in [2.45, 2.75) is 18.0 Å². The third kappa shape index (κ3) is 3.65. The summed E-state index contributed by atoms with van der Waals surface area (Å²) >= 11 is 0. The highest BCUT2D eigenvalue weighted by molar-refractivity contribution is 7.89. The summed E-state index contributed by atoms with van der Waals surface area (Å²) in [4.78, 5) is 3.00. The summed E-state index contributed by atoms with van der Waals surface area (Å²) in [6.07, 6.45) is -3.46. The van der Waals surface area contributed by atoms with E-state index < -0.39 is 33.3 Å². The molecule has 0 radical (unpaired) electrons. The third-order valence-corrected chi connectivity index (χ3v) is 4.16. The molecule has 1 rings (SSSR count). The van der Waals surface area contributed by atoms with E-state index in [1.807, 2.05) is 0 Å². The van der Waals surface area contributed by atoms with E-state index in [4.69, 9.17) is 5.26 Å². The first-order valence-corrected chi connectivity index (χ1v) is 6.58. The Morgan fingerprint density at radius 2 is 2.11 bits per heavy atom. The van der Waals surface area contributed by atoms with Crippen LogP contribution < -0.4 is 0 Å². The molecular weight excluding hydrogens is 283 g/mol. The molecule has 0 saturated heterocycles. The van der Waals surface area contributed by atoms with Crippen molar-refractivity contribution in [2.24, 2.45) is 0 Å². The number of sulfonamides is 1. The van der Waals surface area contributed by atoms with E-state index in [-0.39, 0.29) is 10.8 Å². The number of hydrogen-bond acceptors (Lipinski definition) is 4. The maximum Gasteiger partial charge on any atom is 0.402 e. The fourth-order valence-electron chi connectivity index (χ4n) is 1.39. The second kappa shape index (κ2) is 5.54. The normalized spacial score (nSPS) is 12.4. The lowest BCUT2D eigenvalue weighted by molar-refractivity contribution is -0.135. The molecule has 0 spiro atoms. The summed E-state index contributed by atoms with van der Waals surface area (Å²) in [6, 6.07) is 3.85. The second-order valence-electron chi connectivity index (χ2n) is 3.51. The maximum absolute atomic E-state index is 12.3. The van der Waals surface area contributed by atoms with E-state index in [1.54, 1.807) is 6.07 Å². The van der Waals surface area contributed by atoms with Crippen molar-refractivity contribution >= 4 is 10.0 Å². The van der Waals surface area contributed by atoms with Crippen LogP contribution in [0.15, 0.2) is 23.2 Å². The zero-order valence-corrected chi connectivity index (χ0v) is 10.7. The molecule has 1 aromatic rings. The molecule has 0 aliphatic heterocycles. The average molecular weight is 293 g/mol. The SMILES string of the molecule is CCN(CC(F)(F)F)S(=O)(=O)c1cccnc1C#N. The Balaban J connectivity index is 3.26. The monoisotopic (exact) mass is 293 g/mol. The lowest BCUT2D eigenvalue weighted by atomic mass is 10.4. The maximum atomic E-state index is 12.3. The molecule has 0 aromatic carbocycles. The van der Waals surface area contributed by atoms with Crippen LogP contribution in [0.3, 0.4) is 0 Å². The van der Waals surface area contributed by atoms with Gasteiger partial charge in [0, 0.05) is 12.7 Å². The Bertz CT molecular complexity index is 593. The topological polar surface area (TPSA) is 74.1 Å². The van der Waals surface area contributed by atoms with Crippen molar-refractivity contribution in [1.82, 2.24) is 9.29 Å². The minimum Gasteiger partial charge on any atom is -0.244 e. The van der Waals surface area contributed by atoms with E-state index in [1.165, 1.54) is 19.2 Å². The molecule has 9 heteroatoms. The van der Waals surface area contributed by atoms with Crippen molar-refractivity contribution in [3.63, 3.8) is 0 Å². The Morgan fingerprint density at radius 1 is 1.47 bits per heavy atom. The summed E-state index contributed by atoms with van der Waals surface area (Å²) in [5, 5.41) is 8.75. The molecule has 0 fully saturated rings. The van der Waals surface area contributed by atoms with Crippen LogP contribution in [0.5, 0.6) is 0 Å². The van der Waals surface area contributed by atoms with Crippen molar-refractivity contribution in [3.05, 3.63) is 24.0 Å². The summed E-state index contributed by atoms with van der Waals surface area (Å²) in [6.45, 7) is -0.682. The van der Waals surface area contributed by atoms with Crippen molar-refractivity contribution < 1.29 is 21.6 Å². The van der Waals surface area contributed by atoms with E-state index in [2.05, 4.69) is 4.98 Å². The molecule has 1 aromatic heterocycles. The molecule has 19 heavy (non-hydrogen) atoms. The second-order valence-corrected chi connectivity index (χ2v) is 5.41. The van der Waals surface area contributed by atoms with Gasteiger partial charge in [0.25, 0.3) is 0 Å². The van der Waals surface area contributed by atoms with Gasteiger partial charge in [-0.25, -0.2) is 13.4 Å². The molecule has 0 amide bonds. The summed E-state index contributed by atoms with van der Waals surface area (Å²) in [7, 11) is -4.40. The van der Waals surface area contributed by atoms with Crippen LogP contribution >= 0.6 is 0 Å². The molecule has 104 valence electrons. The summed E-state index contributed by atoms with van der Waals surface area (Å²) in [5.74, 6) is 0. The Kier molecular flexibility index (Phi) is 4.49. The van der Waals surface area contributed by atoms with Gasteiger partial charge < -0.3 is 0 Å². The Morgan fingerprint density at radius 3 is 2.58 bits per heavy atom. The number of nitriles is 1. The van der Waals surface area contributed by atoms with Crippen molar-refractivity contribution in [2.75, 3.05) is 13.1 Å². The van der Waals surface area contributed by atoms with Gasteiger partial charge in [-0.3, -0.25) is 0 Å². The van der Waals surface area contributed by atoms with Crippen LogP contribution in [0.2, 0.25) is 0 Å². The first-order valence-electron chi connectivity index (χ1n) is 5.14. The Hall–Kier alpha value is -1.66. The molecule has 5 nitrogen and oxygen atoms in total. The van der Waals surface area contributed by atoms with Crippen molar-refractivity contribution in [1.29, 1.82) is 5.26 Å². The quantitative estimate of drug-likeness (QED) is 0.843. The smallest absolute Gasteiger partial charge is 0.244 e. The molecule has 0 bridgehead atoms. The zero-order chi connectivity index (χ0) is 14.7. The van der Waals surface area contributed by atoms with E-state index in [0.29, 0.717) is 0 Å². The minimum absolute atomic E-state index is 0.255. The van der Waals surface area contributed by atoms with E-state index in [0.717, 1.165) is 6.07 Å². The van der Waals surface area contributed by atoms with Crippen LogP contribution in [-0.4, -0.2) is 37.0 Å². The fraction of sp³-hybridized carbons (Fsp3) is 0.400. The lowest BCUT2D eigenvalue weighted by Crippen LogP contribution is -2.39. The number of rotatable bonds is 4. The van der Waals surface area contributed by atoms with Gasteiger partial charge in [0.1, 0.15) is 17.5 Å². The molecule has 0 aliphatic rings.